The summed E-state index contributed by atoms with van der Waals surface area (Å²) >= 11 is 0. The highest BCUT2D eigenvalue weighted by atomic mass is 16.3. The Bertz CT molecular complexity index is 791. The third kappa shape index (κ3) is 2.50. The minimum Gasteiger partial charge on any atom is -0.467 e. The zero-order chi connectivity index (χ0) is 15.8. The number of aromatic nitrogens is 4. The van der Waals surface area contributed by atoms with Gasteiger partial charge in [0.25, 0.3) is 0 Å². The molecule has 0 unspecified atom stereocenters. The SMILES string of the molecule is Cc1cc(C)n(-c2ccc(N3CCC[C@H]3c3ccco3)nn2)n1. The molecular formula is C17H19N5O. The lowest BCUT2D eigenvalue weighted by atomic mass is 10.1. The number of rotatable bonds is 3. The lowest BCUT2D eigenvalue weighted by molar-refractivity contribution is 0.464. The van der Waals surface area contributed by atoms with Crippen LogP contribution in [0.3, 0.4) is 0 Å². The van der Waals surface area contributed by atoms with Crippen LogP contribution in [0.4, 0.5) is 5.82 Å². The van der Waals surface area contributed by atoms with E-state index in [2.05, 4.69) is 20.2 Å². The molecule has 0 bridgehead atoms. The molecule has 0 radical (unpaired) electrons. The van der Waals surface area contributed by atoms with Gasteiger partial charge in [0.05, 0.1) is 18.0 Å². The van der Waals surface area contributed by atoms with Gasteiger partial charge in [0.15, 0.2) is 11.6 Å². The molecular weight excluding hydrogens is 290 g/mol. The molecule has 0 saturated carbocycles. The topological polar surface area (TPSA) is 60.0 Å². The summed E-state index contributed by atoms with van der Waals surface area (Å²) in [6, 6.07) is 10.2. The number of aryl methyl sites for hydroxylation is 2. The number of nitrogens with zero attached hydrogens (tertiary/aromatic N) is 5. The summed E-state index contributed by atoms with van der Waals surface area (Å²) < 4.78 is 7.40. The standard InChI is InChI=1S/C17H19N5O/c1-12-11-13(2)22(20-12)17-8-7-16(18-19-17)21-9-3-5-14(21)15-6-4-10-23-15/h4,6-8,10-11,14H,3,5,9H2,1-2H3/t14-/m0/s1. The molecule has 118 valence electrons. The Kier molecular flexibility index (Phi) is 3.37. The van der Waals surface area contributed by atoms with Crippen molar-refractivity contribution in [3.05, 3.63) is 53.7 Å². The van der Waals surface area contributed by atoms with Crippen LogP contribution in [0.25, 0.3) is 5.82 Å². The van der Waals surface area contributed by atoms with E-state index in [0.717, 1.165) is 48.2 Å². The highest BCUT2D eigenvalue weighted by Crippen LogP contribution is 2.35. The normalized spacial score (nSPS) is 17.8. The summed E-state index contributed by atoms with van der Waals surface area (Å²) in [5.41, 5.74) is 2.03. The first-order valence-electron chi connectivity index (χ1n) is 7.90. The first-order chi connectivity index (χ1) is 11.2. The zero-order valence-corrected chi connectivity index (χ0v) is 13.3. The van der Waals surface area contributed by atoms with Crippen LogP contribution in [0.1, 0.15) is 36.0 Å². The highest BCUT2D eigenvalue weighted by Gasteiger charge is 2.29. The van der Waals surface area contributed by atoms with Crippen molar-refractivity contribution < 1.29 is 4.42 Å². The molecule has 4 rings (SSSR count). The maximum absolute atomic E-state index is 5.58. The van der Waals surface area contributed by atoms with Crippen molar-refractivity contribution >= 4 is 5.82 Å². The number of furan rings is 1. The fourth-order valence-corrected chi connectivity index (χ4v) is 3.26. The second kappa shape index (κ2) is 5.53. The smallest absolute Gasteiger partial charge is 0.176 e. The number of hydrogen-bond acceptors (Lipinski definition) is 5. The average Bonchev–Trinajstić information content (AvgIpc) is 3.27. The molecule has 4 heterocycles. The van der Waals surface area contributed by atoms with Gasteiger partial charge in [-0.2, -0.15) is 5.10 Å². The minimum absolute atomic E-state index is 0.249. The number of hydrogen-bond donors (Lipinski definition) is 0. The molecule has 6 nitrogen and oxygen atoms in total. The van der Waals surface area contributed by atoms with Crippen molar-refractivity contribution in [2.75, 3.05) is 11.4 Å². The molecule has 1 saturated heterocycles. The van der Waals surface area contributed by atoms with E-state index < -0.39 is 0 Å². The summed E-state index contributed by atoms with van der Waals surface area (Å²) in [5, 5.41) is 13.2. The largest absolute Gasteiger partial charge is 0.467 e. The van der Waals surface area contributed by atoms with Crippen LogP contribution in [0.15, 0.2) is 41.0 Å². The molecule has 3 aromatic heterocycles. The monoisotopic (exact) mass is 309 g/mol. The van der Waals surface area contributed by atoms with Crippen LogP contribution in [0.2, 0.25) is 0 Å². The van der Waals surface area contributed by atoms with Crippen LogP contribution in [0, 0.1) is 13.8 Å². The van der Waals surface area contributed by atoms with Gasteiger partial charge in [0, 0.05) is 12.2 Å². The summed E-state index contributed by atoms with van der Waals surface area (Å²) in [6.45, 7) is 4.96. The Labute approximate surface area is 134 Å². The Morgan fingerprint density at radius 1 is 1.13 bits per heavy atom. The van der Waals surface area contributed by atoms with Gasteiger partial charge in [-0.15, -0.1) is 10.2 Å². The van der Waals surface area contributed by atoms with Gasteiger partial charge in [-0.25, -0.2) is 4.68 Å². The van der Waals surface area contributed by atoms with Crippen LogP contribution in [0.5, 0.6) is 0 Å². The van der Waals surface area contributed by atoms with Crippen molar-refractivity contribution in [1.82, 2.24) is 20.0 Å². The predicted molar refractivity (Wildman–Crippen MR) is 86.7 cm³/mol. The van der Waals surface area contributed by atoms with Crippen molar-refractivity contribution in [3.63, 3.8) is 0 Å². The second-order valence-electron chi connectivity index (χ2n) is 5.96. The quantitative estimate of drug-likeness (QED) is 0.743. The van der Waals surface area contributed by atoms with E-state index in [4.69, 9.17) is 4.42 Å². The average molecular weight is 309 g/mol. The van der Waals surface area contributed by atoms with Crippen LogP contribution in [-0.4, -0.2) is 26.5 Å². The fourth-order valence-electron chi connectivity index (χ4n) is 3.26. The van der Waals surface area contributed by atoms with Crippen molar-refractivity contribution in [2.45, 2.75) is 32.7 Å². The van der Waals surface area contributed by atoms with Gasteiger partial charge in [-0.05, 0) is 57.0 Å². The second-order valence-corrected chi connectivity index (χ2v) is 5.96. The van der Waals surface area contributed by atoms with Gasteiger partial charge in [-0.1, -0.05) is 0 Å². The summed E-state index contributed by atoms with van der Waals surface area (Å²) in [5.74, 6) is 2.62. The third-order valence-electron chi connectivity index (χ3n) is 4.28. The van der Waals surface area contributed by atoms with Gasteiger partial charge < -0.3 is 9.32 Å². The lowest BCUT2D eigenvalue weighted by Crippen LogP contribution is -2.23. The molecule has 6 heteroatoms. The van der Waals surface area contributed by atoms with E-state index in [1.165, 1.54) is 0 Å². The van der Waals surface area contributed by atoms with Crippen LogP contribution in [-0.2, 0) is 0 Å². The van der Waals surface area contributed by atoms with E-state index in [9.17, 15) is 0 Å². The molecule has 1 aliphatic rings. The Balaban J connectivity index is 1.62. The molecule has 0 aliphatic carbocycles. The van der Waals surface area contributed by atoms with Crippen molar-refractivity contribution in [3.8, 4) is 5.82 Å². The van der Waals surface area contributed by atoms with Crippen LogP contribution >= 0.6 is 0 Å². The fraction of sp³-hybridized carbons (Fsp3) is 0.353. The van der Waals surface area contributed by atoms with E-state index >= 15 is 0 Å². The van der Waals surface area contributed by atoms with Gasteiger partial charge >= 0.3 is 0 Å². The summed E-state index contributed by atoms with van der Waals surface area (Å²) in [6.07, 6.45) is 3.93. The highest BCUT2D eigenvalue weighted by molar-refractivity contribution is 5.43. The molecule has 1 fully saturated rings. The van der Waals surface area contributed by atoms with E-state index in [0.29, 0.717) is 0 Å². The lowest BCUT2D eigenvalue weighted by Gasteiger charge is -2.23. The minimum atomic E-state index is 0.249. The molecule has 1 atom stereocenters. The molecule has 23 heavy (non-hydrogen) atoms. The number of anilines is 1. The van der Waals surface area contributed by atoms with E-state index in [1.54, 1.807) is 6.26 Å². The van der Waals surface area contributed by atoms with Gasteiger partial charge in [0.1, 0.15) is 5.76 Å². The summed E-state index contributed by atoms with van der Waals surface area (Å²) in [4.78, 5) is 2.26. The third-order valence-corrected chi connectivity index (χ3v) is 4.28. The van der Waals surface area contributed by atoms with Gasteiger partial charge in [-0.3, -0.25) is 0 Å². The first kappa shape index (κ1) is 14.0. The van der Waals surface area contributed by atoms with Gasteiger partial charge in [0.2, 0.25) is 0 Å². The maximum atomic E-state index is 5.58. The molecule has 0 N–H and O–H groups in total. The Hall–Kier alpha value is -2.63. The van der Waals surface area contributed by atoms with Crippen LogP contribution < -0.4 is 4.90 Å². The molecule has 3 aromatic rings. The maximum Gasteiger partial charge on any atom is 0.176 e. The zero-order valence-electron chi connectivity index (χ0n) is 13.3. The first-order valence-corrected chi connectivity index (χ1v) is 7.90. The molecule has 0 spiro atoms. The van der Waals surface area contributed by atoms with Crippen molar-refractivity contribution in [2.24, 2.45) is 0 Å². The Morgan fingerprint density at radius 3 is 2.61 bits per heavy atom. The molecule has 0 amide bonds. The molecule has 0 aromatic carbocycles. The van der Waals surface area contributed by atoms with E-state index in [1.807, 2.05) is 48.9 Å². The Morgan fingerprint density at radius 2 is 1.96 bits per heavy atom. The predicted octanol–water partition coefficient (Wildman–Crippen LogP) is 3.21. The van der Waals surface area contributed by atoms with Crippen molar-refractivity contribution in [1.29, 1.82) is 0 Å². The summed E-state index contributed by atoms with van der Waals surface area (Å²) in [7, 11) is 0. The molecule has 1 aliphatic heterocycles. The van der Waals surface area contributed by atoms with E-state index in [-0.39, 0.29) is 6.04 Å².